The lowest BCUT2D eigenvalue weighted by molar-refractivity contribution is -0.139. The Morgan fingerprint density at radius 3 is 2.50 bits per heavy atom. The third kappa shape index (κ3) is 2.44. The molecule has 0 unspecified atom stereocenters. The van der Waals surface area contributed by atoms with E-state index in [1.165, 1.54) is 0 Å². The number of carbonyl (C=O) groups excluding carboxylic acids is 2. The lowest BCUT2D eigenvalue weighted by Crippen LogP contribution is -2.47. The number of hydrogen-bond acceptors (Lipinski definition) is 4. The zero-order valence-corrected chi connectivity index (χ0v) is 7.54. The van der Waals surface area contributed by atoms with Crippen LogP contribution in [0.1, 0.15) is 12.8 Å². The summed E-state index contributed by atoms with van der Waals surface area (Å²) in [5.41, 5.74) is -0.596. The summed E-state index contributed by atoms with van der Waals surface area (Å²) in [4.78, 5) is 22.1. The van der Waals surface area contributed by atoms with Gasteiger partial charge in [-0.15, -0.1) is 0 Å². The first-order valence-corrected chi connectivity index (χ1v) is 4.22. The molecule has 6 heteroatoms. The van der Waals surface area contributed by atoms with Crippen LogP contribution in [0.2, 0.25) is 0 Å². The molecule has 0 radical (unpaired) electrons. The highest BCUT2D eigenvalue weighted by Gasteiger charge is 2.44. The maximum absolute atomic E-state index is 11.1. The van der Waals surface area contributed by atoms with Crippen LogP contribution in [-0.4, -0.2) is 35.6 Å². The summed E-state index contributed by atoms with van der Waals surface area (Å²) in [7, 11) is 0. The predicted molar refractivity (Wildman–Crippen MR) is 45.8 cm³/mol. The molecule has 0 aromatic rings. The smallest absolute Gasteiger partial charge is 0.310 e. The highest BCUT2D eigenvalue weighted by Crippen LogP contribution is 2.34. The van der Waals surface area contributed by atoms with Gasteiger partial charge in [0.05, 0.1) is 18.2 Å². The molecule has 1 saturated carbocycles. The Labute approximate surface area is 80.9 Å². The molecule has 6 nitrogen and oxygen atoms in total. The third-order valence-corrected chi connectivity index (χ3v) is 2.07. The second kappa shape index (κ2) is 4.07. The Kier molecular flexibility index (Phi) is 3.04. The predicted octanol–water partition coefficient (Wildman–Crippen LogP) is -1.73. The normalized spacial score (nSPS) is 16.6. The average Bonchev–Trinajstić information content (AvgIpc) is 2.94. The topological polar surface area (TPSA) is 102 Å². The third-order valence-electron chi connectivity index (χ3n) is 2.07. The molecular formula is C8H11N3O3. The van der Waals surface area contributed by atoms with E-state index in [0.717, 1.165) is 0 Å². The van der Waals surface area contributed by atoms with Gasteiger partial charge in [0.1, 0.15) is 6.54 Å². The Morgan fingerprint density at radius 2 is 2.07 bits per heavy atom. The molecule has 0 aromatic heterocycles. The summed E-state index contributed by atoms with van der Waals surface area (Å²) in [6.45, 7) is -0.358. The standard InChI is InChI=1S/C8H11N3O3/c9-3-4-10-6(13)7(14)11-8(5-12)1-2-8/h12H,1-2,4-5H2,(H,10,13)(H,11,14). The van der Waals surface area contributed by atoms with Crippen molar-refractivity contribution in [2.24, 2.45) is 0 Å². The molecule has 1 aliphatic carbocycles. The molecule has 3 N–H and O–H groups in total. The van der Waals surface area contributed by atoms with Gasteiger partial charge in [-0.2, -0.15) is 5.26 Å². The molecular weight excluding hydrogens is 186 g/mol. The van der Waals surface area contributed by atoms with Crippen molar-refractivity contribution in [2.45, 2.75) is 18.4 Å². The van der Waals surface area contributed by atoms with Crippen LogP contribution in [0.15, 0.2) is 0 Å². The summed E-state index contributed by atoms with van der Waals surface area (Å²) >= 11 is 0. The molecule has 1 aliphatic rings. The van der Waals surface area contributed by atoms with Gasteiger partial charge in [0.25, 0.3) is 0 Å². The van der Waals surface area contributed by atoms with Crippen LogP contribution in [0, 0.1) is 11.3 Å². The number of nitrogens with one attached hydrogen (secondary N) is 2. The number of hydrogen-bond donors (Lipinski definition) is 3. The second-order valence-electron chi connectivity index (χ2n) is 3.23. The molecule has 14 heavy (non-hydrogen) atoms. The van der Waals surface area contributed by atoms with Crippen LogP contribution in [-0.2, 0) is 9.59 Å². The molecule has 0 saturated heterocycles. The summed E-state index contributed by atoms with van der Waals surface area (Å²) < 4.78 is 0. The molecule has 1 fully saturated rings. The van der Waals surface area contributed by atoms with Crippen molar-refractivity contribution in [3.63, 3.8) is 0 Å². The number of rotatable bonds is 3. The fourth-order valence-electron chi connectivity index (χ4n) is 0.971. The van der Waals surface area contributed by atoms with Crippen LogP contribution < -0.4 is 10.6 Å². The van der Waals surface area contributed by atoms with E-state index in [-0.39, 0.29) is 13.2 Å². The highest BCUT2D eigenvalue weighted by atomic mass is 16.3. The van der Waals surface area contributed by atoms with Crippen molar-refractivity contribution >= 4 is 11.8 Å². The van der Waals surface area contributed by atoms with Gasteiger partial charge in [-0.1, -0.05) is 0 Å². The Hall–Kier alpha value is -1.61. The number of nitriles is 1. The molecule has 0 bridgehead atoms. The maximum Gasteiger partial charge on any atom is 0.310 e. The van der Waals surface area contributed by atoms with Gasteiger partial charge < -0.3 is 15.7 Å². The summed E-state index contributed by atoms with van der Waals surface area (Å²) in [6.07, 6.45) is 1.36. The van der Waals surface area contributed by atoms with Crippen molar-refractivity contribution in [2.75, 3.05) is 13.2 Å². The zero-order chi connectivity index (χ0) is 10.6. The minimum Gasteiger partial charge on any atom is -0.394 e. The SMILES string of the molecule is N#CCNC(=O)C(=O)NC1(CO)CC1. The van der Waals surface area contributed by atoms with Crippen LogP contribution in [0.4, 0.5) is 0 Å². The highest BCUT2D eigenvalue weighted by molar-refractivity contribution is 6.35. The van der Waals surface area contributed by atoms with Gasteiger partial charge >= 0.3 is 11.8 Å². The van der Waals surface area contributed by atoms with E-state index in [2.05, 4.69) is 10.6 Å². The van der Waals surface area contributed by atoms with E-state index in [1.54, 1.807) is 6.07 Å². The lowest BCUT2D eigenvalue weighted by atomic mass is 10.3. The maximum atomic E-state index is 11.1. The van der Waals surface area contributed by atoms with Gasteiger partial charge in [0.15, 0.2) is 0 Å². The summed E-state index contributed by atoms with van der Waals surface area (Å²) in [6, 6.07) is 1.68. The molecule has 76 valence electrons. The van der Waals surface area contributed by atoms with Crippen molar-refractivity contribution in [1.29, 1.82) is 5.26 Å². The number of carbonyl (C=O) groups is 2. The van der Waals surface area contributed by atoms with Gasteiger partial charge in [-0.05, 0) is 12.8 Å². The second-order valence-corrected chi connectivity index (χ2v) is 3.23. The summed E-state index contributed by atoms with van der Waals surface area (Å²) in [5, 5.41) is 21.5. The minimum absolute atomic E-state index is 0.162. The molecule has 0 heterocycles. The molecule has 0 atom stereocenters. The minimum atomic E-state index is -0.841. The van der Waals surface area contributed by atoms with E-state index in [9.17, 15) is 9.59 Å². The lowest BCUT2D eigenvalue weighted by Gasteiger charge is -2.12. The molecule has 0 aromatic carbocycles. The van der Waals surface area contributed by atoms with E-state index in [0.29, 0.717) is 12.8 Å². The largest absolute Gasteiger partial charge is 0.394 e. The average molecular weight is 197 g/mol. The Bertz CT molecular complexity index is 291. The van der Waals surface area contributed by atoms with E-state index < -0.39 is 17.4 Å². The first-order chi connectivity index (χ1) is 6.63. The van der Waals surface area contributed by atoms with Crippen LogP contribution >= 0.6 is 0 Å². The van der Waals surface area contributed by atoms with Crippen LogP contribution in [0.5, 0.6) is 0 Å². The van der Waals surface area contributed by atoms with Crippen molar-refractivity contribution in [1.82, 2.24) is 10.6 Å². The zero-order valence-electron chi connectivity index (χ0n) is 7.54. The van der Waals surface area contributed by atoms with E-state index in [1.807, 2.05) is 0 Å². The Balaban J connectivity index is 2.35. The molecule has 0 aliphatic heterocycles. The summed E-state index contributed by atoms with van der Waals surface area (Å²) in [5.74, 6) is -1.64. The van der Waals surface area contributed by atoms with E-state index in [4.69, 9.17) is 10.4 Å². The fourth-order valence-corrected chi connectivity index (χ4v) is 0.971. The van der Waals surface area contributed by atoms with Crippen LogP contribution in [0.25, 0.3) is 0 Å². The molecule has 2 amide bonds. The van der Waals surface area contributed by atoms with Crippen molar-refractivity contribution in [3.8, 4) is 6.07 Å². The van der Waals surface area contributed by atoms with Gasteiger partial charge in [0, 0.05) is 0 Å². The van der Waals surface area contributed by atoms with E-state index >= 15 is 0 Å². The monoisotopic (exact) mass is 197 g/mol. The van der Waals surface area contributed by atoms with Crippen molar-refractivity contribution in [3.05, 3.63) is 0 Å². The van der Waals surface area contributed by atoms with Crippen LogP contribution in [0.3, 0.4) is 0 Å². The first-order valence-electron chi connectivity index (χ1n) is 4.22. The van der Waals surface area contributed by atoms with Gasteiger partial charge in [-0.25, -0.2) is 0 Å². The number of aliphatic hydroxyl groups excluding tert-OH is 1. The molecule has 0 spiro atoms. The molecule has 1 rings (SSSR count). The first kappa shape index (κ1) is 10.5. The van der Waals surface area contributed by atoms with Gasteiger partial charge in [0.2, 0.25) is 0 Å². The number of aliphatic hydroxyl groups is 1. The van der Waals surface area contributed by atoms with Gasteiger partial charge in [-0.3, -0.25) is 9.59 Å². The Morgan fingerprint density at radius 1 is 1.43 bits per heavy atom. The fraction of sp³-hybridized carbons (Fsp3) is 0.625. The van der Waals surface area contributed by atoms with Crippen molar-refractivity contribution < 1.29 is 14.7 Å². The number of amides is 2. The quantitative estimate of drug-likeness (QED) is 0.369. The number of nitrogens with zero attached hydrogens (tertiary/aromatic N) is 1.